The highest BCUT2D eigenvalue weighted by Gasteiger charge is 2.15. The normalized spacial score (nSPS) is 10.3. The molecule has 2 amide bonds. The molecule has 7 heteroatoms. The zero-order valence-corrected chi connectivity index (χ0v) is 16.6. The smallest absolute Gasteiger partial charge is 0.260 e. The van der Waals surface area contributed by atoms with Crippen molar-refractivity contribution in [3.63, 3.8) is 0 Å². The lowest BCUT2D eigenvalue weighted by Crippen LogP contribution is -2.37. The Morgan fingerprint density at radius 2 is 1.81 bits per heavy atom. The van der Waals surface area contributed by atoms with Crippen LogP contribution in [0.4, 0.5) is 5.69 Å². The van der Waals surface area contributed by atoms with E-state index in [-0.39, 0.29) is 25.0 Å². The molecule has 0 saturated carbocycles. The number of amides is 2. The second-order valence-corrected chi connectivity index (χ2v) is 6.62. The molecule has 0 aromatic heterocycles. The summed E-state index contributed by atoms with van der Waals surface area (Å²) in [5.74, 6) is 0.656. The molecule has 2 rings (SSSR count). The number of rotatable bonds is 7. The monoisotopic (exact) mass is 390 g/mol. The first-order valence-electron chi connectivity index (χ1n) is 8.37. The SMILES string of the molecule is COc1cccc(NC(=O)CN(C)C(=O)COc2c(C)cc(Cl)cc2C)c1. The minimum Gasteiger partial charge on any atom is -0.497 e. The zero-order valence-electron chi connectivity index (χ0n) is 15.8. The molecule has 144 valence electrons. The average Bonchev–Trinajstić information content (AvgIpc) is 2.60. The zero-order chi connectivity index (χ0) is 20.0. The fourth-order valence-corrected chi connectivity index (χ4v) is 2.90. The van der Waals surface area contributed by atoms with Gasteiger partial charge in [-0.1, -0.05) is 17.7 Å². The summed E-state index contributed by atoms with van der Waals surface area (Å²) in [5.41, 5.74) is 2.31. The maximum Gasteiger partial charge on any atom is 0.260 e. The molecule has 1 N–H and O–H groups in total. The van der Waals surface area contributed by atoms with E-state index in [1.54, 1.807) is 50.6 Å². The highest BCUT2D eigenvalue weighted by Crippen LogP contribution is 2.27. The van der Waals surface area contributed by atoms with Gasteiger partial charge in [0.05, 0.1) is 13.7 Å². The van der Waals surface area contributed by atoms with Crippen LogP contribution in [0.3, 0.4) is 0 Å². The van der Waals surface area contributed by atoms with Gasteiger partial charge in [-0.15, -0.1) is 0 Å². The van der Waals surface area contributed by atoms with Gasteiger partial charge in [0.2, 0.25) is 5.91 Å². The van der Waals surface area contributed by atoms with Crippen LogP contribution < -0.4 is 14.8 Å². The molecule has 0 radical (unpaired) electrons. The van der Waals surface area contributed by atoms with Crippen LogP contribution in [-0.4, -0.2) is 44.0 Å². The van der Waals surface area contributed by atoms with Crippen molar-refractivity contribution in [1.82, 2.24) is 4.90 Å². The van der Waals surface area contributed by atoms with E-state index in [2.05, 4.69) is 5.32 Å². The second-order valence-electron chi connectivity index (χ2n) is 6.19. The third-order valence-electron chi connectivity index (χ3n) is 3.93. The molecule has 2 aromatic carbocycles. The molecule has 0 heterocycles. The fraction of sp³-hybridized carbons (Fsp3) is 0.300. The van der Waals surface area contributed by atoms with Crippen LogP contribution in [0.5, 0.6) is 11.5 Å². The van der Waals surface area contributed by atoms with Crippen LogP contribution in [-0.2, 0) is 9.59 Å². The van der Waals surface area contributed by atoms with E-state index in [1.165, 1.54) is 4.90 Å². The summed E-state index contributed by atoms with van der Waals surface area (Å²) >= 11 is 6.00. The minimum atomic E-state index is -0.307. The van der Waals surface area contributed by atoms with Gasteiger partial charge < -0.3 is 19.7 Å². The molecule has 0 saturated heterocycles. The molecule has 0 aliphatic rings. The van der Waals surface area contributed by atoms with Crippen LogP contribution >= 0.6 is 11.6 Å². The van der Waals surface area contributed by atoms with Crippen molar-refractivity contribution in [1.29, 1.82) is 0 Å². The molecule has 27 heavy (non-hydrogen) atoms. The highest BCUT2D eigenvalue weighted by atomic mass is 35.5. The first-order valence-corrected chi connectivity index (χ1v) is 8.75. The summed E-state index contributed by atoms with van der Waals surface area (Å²) < 4.78 is 10.8. The summed E-state index contributed by atoms with van der Waals surface area (Å²) in [7, 11) is 3.11. The summed E-state index contributed by atoms with van der Waals surface area (Å²) in [4.78, 5) is 25.7. The van der Waals surface area contributed by atoms with E-state index in [4.69, 9.17) is 21.1 Å². The number of benzene rings is 2. The molecule has 0 aliphatic carbocycles. The van der Waals surface area contributed by atoms with Crippen molar-refractivity contribution in [3.05, 3.63) is 52.5 Å². The van der Waals surface area contributed by atoms with Crippen LogP contribution in [0, 0.1) is 13.8 Å². The van der Waals surface area contributed by atoms with Gasteiger partial charge in [-0.05, 0) is 49.2 Å². The molecule has 0 aliphatic heterocycles. The summed E-state index contributed by atoms with van der Waals surface area (Å²) in [6.45, 7) is 3.48. The number of halogens is 1. The van der Waals surface area contributed by atoms with Crippen molar-refractivity contribution >= 4 is 29.1 Å². The number of ether oxygens (including phenoxy) is 2. The average molecular weight is 391 g/mol. The number of carbonyl (C=O) groups excluding carboxylic acids is 2. The fourth-order valence-electron chi connectivity index (χ4n) is 2.57. The van der Waals surface area contributed by atoms with Crippen LogP contribution in [0.25, 0.3) is 0 Å². The van der Waals surface area contributed by atoms with E-state index in [0.717, 1.165) is 11.1 Å². The van der Waals surface area contributed by atoms with Gasteiger partial charge in [0, 0.05) is 23.8 Å². The van der Waals surface area contributed by atoms with E-state index in [0.29, 0.717) is 22.2 Å². The standard InChI is InChI=1S/C20H23ClN2O4/c1-13-8-15(21)9-14(2)20(13)27-12-19(25)23(3)11-18(24)22-16-6-5-7-17(10-16)26-4/h5-10H,11-12H2,1-4H3,(H,22,24). The number of anilines is 1. The van der Waals surface area contributed by atoms with Gasteiger partial charge in [0.15, 0.2) is 6.61 Å². The summed E-state index contributed by atoms with van der Waals surface area (Å²) in [6, 6.07) is 10.6. The van der Waals surface area contributed by atoms with Crippen molar-refractivity contribution < 1.29 is 19.1 Å². The molecular weight excluding hydrogens is 368 g/mol. The number of carbonyl (C=O) groups is 2. The largest absolute Gasteiger partial charge is 0.497 e. The molecule has 0 bridgehead atoms. The number of aryl methyl sites for hydroxylation is 2. The lowest BCUT2D eigenvalue weighted by atomic mass is 10.1. The second kappa shape index (κ2) is 9.28. The van der Waals surface area contributed by atoms with E-state index >= 15 is 0 Å². The molecule has 6 nitrogen and oxygen atoms in total. The lowest BCUT2D eigenvalue weighted by molar-refractivity contribution is -0.135. The molecule has 2 aromatic rings. The van der Waals surface area contributed by atoms with E-state index < -0.39 is 0 Å². The Kier molecular flexibility index (Phi) is 7.07. The minimum absolute atomic E-state index is 0.0853. The number of nitrogens with one attached hydrogen (secondary N) is 1. The van der Waals surface area contributed by atoms with Crippen molar-refractivity contribution in [2.24, 2.45) is 0 Å². The Bertz CT molecular complexity index is 815. The van der Waals surface area contributed by atoms with E-state index in [9.17, 15) is 9.59 Å². The molecule has 0 spiro atoms. The number of hydrogen-bond acceptors (Lipinski definition) is 4. The van der Waals surface area contributed by atoms with Crippen LogP contribution in [0.2, 0.25) is 5.02 Å². The quantitative estimate of drug-likeness (QED) is 0.786. The molecule has 0 unspecified atom stereocenters. The predicted molar refractivity (Wildman–Crippen MR) is 106 cm³/mol. The Labute approximate surface area is 164 Å². The maximum absolute atomic E-state index is 12.3. The summed E-state index contributed by atoms with van der Waals surface area (Å²) in [6.07, 6.45) is 0. The Balaban J connectivity index is 1.88. The topological polar surface area (TPSA) is 67.9 Å². The van der Waals surface area contributed by atoms with Gasteiger partial charge in [-0.25, -0.2) is 0 Å². The van der Waals surface area contributed by atoms with E-state index in [1.807, 2.05) is 13.8 Å². The Morgan fingerprint density at radius 1 is 1.15 bits per heavy atom. The van der Waals surface area contributed by atoms with Crippen molar-refractivity contribution in [2.45, 2.75) is 13.8 Å². The molecule has 0 atom stereocenters. The number of likely N-dealkylation sites (N-methyl/N-ethyl adjacent to an activating group) is 1. The number of hydrogen-bond donors (Lipinski definition) is 1. The Morgan fingerprint density at radius 3 is 2.44 bits per heavy atom. The highest BCUT2D eigenvalue weighted by molar-refractivity contribution is 6.30. The molecule has 0 fully saturated rings. The van der Waals surface area contributed by atoms with Gasteiger partial charge in [-0.3, -0.25) is 9.59 Å². The third kappa shape index (κ3) is 5.89. The van der Waals surface area contributed by atoms with Crippen molar-refractivity contribution in [2.75, 3.05) is 32.6 Å². The van der Waals surface area contributed by atoms with Gasteiger partial charge in [-0.2, -0.15) is 0 Å². The number of nitrogens with zero attached hydrogens (tertiary/aromatic N) is 1. The van der Waals surface area contributed by atoms with Gasteiger partial charge >= 0.3 is 0 Å². The van der Waals surface area contributed by atoms with Crippen LogP contribution in [0.15, 0.2) is 36.4 Å². The predicted octanol–water partition coefficient (Wildman–Crippen LogP) is 3.44. The van der Waals surface area contributed by atoms with Crippen LogP contribution in [0.1, 0.15) is 11.1 Å². The van der Waals surface area contributed by atoms with Gasteiger partial charge in [0.25, 0.3) is 5.91 Å². The summed E-state index contributed by atoms with van der Waals surface area (Å²) in [5, 5.41) is 3.35. The maximum atomic E-state index is 12.3. The first kappa shape index (κ1) is 20.6. The third-order valence-corrected chi connectivity index (χ3v) is 4.14. The molecular formula is C20H23ClN2O4. The first-order chi connectivity index (χ1) is 12.8. The van der Waals surface area contributed by atoms with Gasteiger partial charge in [0.1, 0.15) is 11.5 Å². The Hall–Kier alpha value is -2.73. The van der Waals surface area contributed by atoms with Crippen molar-refractivity contribution in [3.8, 4) is 11.5 Å². The number of methoxy groups -OCH3 is 1. The lowest BCUT2D eigenvalue weighted by Gasteiger charge is -2.18.